The average Bonchev–Trinajstić information content (AvgIpc) is 2.62. The van der Waals surface area contributed by atoms with Gasteiger partial charge in [0, 0.05) is 49.3 Å². The zero-order chi connectivity index (χ0) is 16.8. The number of carbonyl (C=O) groups is 1. The molecule has 5 heteroatoms. The van der Waals surface area contributed by atoms with Crippen molar-refractivity contribution in [1.29, 1.82) is 0 Å². The van der Waals surface area contributed by atoms with Gasteiger partial charge in [-0.2, -0.15) is 0 Å². The van der Waals surface area contributed by atoms with E-state index in [0.717, 1.165) is 18.4 Å². The van der Waals surface area contributed by atoms with Crippen molar-refractivity contribution >= 4 is 23.6 Å². The summed E-state index contributed by atoms with van der Waals surface area (Å²) in [7, 11) is 0. The van der Waals surface area contributed by atoms with E-state index in [0.29, 0.717) is 24.0 Å². The van der Waals surface area contributed by atoms with Crippen LogP contribution in [0.4, 0.5) is 0 Å². The fourth-order valence-corrected chi connectivity index (χ4v) is 2.86. The summed E-state index contributed by atoms with van der Waals surface area (Å²) in [5.74, 6) is 0.645. The number of piperidine rings is 1. The van der Waals surface area contributed by atoms with Crippen LogP contribution in [0, 0.1) is 0 Å². The van der Waals surface area contributed by atoms with Crippen LogP contribution in [0.15, 0.2) is 54.7 Å². The molecule has 1 aliphatic rings. The summed E-state index contributed by atoms with van der Waals surface area (Å²) in [5, 5.41) is 0.643. The maximum Gasteiger partial charge on any atom is 0.246 e. The van der Waals surface area contributed by atoms with Crippen LogP contribution in [0.1, 0.15) is 18.4 Å². The molecule has 0 spiro atoms. The Bertz CT molecular complexity index is 710. The van der Waals surface area contributed by atoms with Crippen molar-refractivity contribution in [2.45, 2.75) is 18.9 Å². The number of aromatic nitrogens is 1. The van der Waals surface area contributed by atoms with Crippen LogP contribution in [0.25, 0.3) is 6.08 Å². The summed E-state index contributed by atoms with van der Waals surface area (Å²) in [5.41, 5.74) is 0.848. The second-order valence-electron chi connectivity index (χ2n) is 5.67. The standard InChI is InChI=1S/C19H19ClN2O2/c20-17-6-2-1-5-15(17)8-9-19(23)22-13-10-16(11-14-22)24-18-7-3-4-12-21-18/h1-9,12,16H,10-11,13-14H2/b9-8+. The second-order valence-corrected chi connectivity index (χ2v) is 6.07. The number of carbonyl (C=O) groups excluding carboxylic acids is 1. The van der Waals surface area contributed by atoms with Crippen LogP contribution in [0.2, 0.25) is 5.02 Å². The molecule has 1 aromatic carbocycles. The quantitative estimate of drug-likeness (QED) is 0.793. The van der Waals surface area contributed by atoms with Gasteiger partial charge in [-0.25, -0.2) is 4.98 Å². The van der Waals surface area contributed by atoms with E-state index >= 15 is 0 Å². The SMILES string of the molecule is O=C(/C=C/c1ccccc1Cl)N1CCC(Oc2ccccn2)CC1. The van der Waals surface area contributed by atoms with Crippen LogP contribution in [-0.2, 0) is 4.79 Å². The lowest BCUT2D eigenvalue weighted by atomic mass is 10.1. The Morgan fingerprint density at radius 2 is 1.92 bits per heavy atom. The largest absolute Gasteiger partial charge is 0.474 e. The van der Waals surface area contributed by atoms with Gasteiger partial charge < -0.3 is 9.64 Å². The molecule has 0 N–H and O–H groups in total. The van der Waals surface area contributed by atoms with Crippen LogP contribution in [0.3, 0.4) is 0 Å². The van der Waals surface area contributed by atoms with Gasteiger partial charge in [0.15, 0.2) is 0 Å². The molecule has 2 heterocycles. The number of halogens is 1. The highest BCUT2D eigenvalue weighted by atomic mass is 35.5. The summed E-state index contributed by atoms with van der Waals surface area (Å²) in [6.45, 7) is 1.37. The van der Waals surface area contributed by atoms with Crippen LogP contribution < -0.4 is 4.74 Å². The third-order valence-electron chi connectivity index (χ3n) is 3.99. The Labute approximate surface area is 146 Å². The van der Waals surface area contributed by atoms with E-state index in [2.05, 4.69) is 4.98 Å². The van der Waals surface area contributed by atoms with E-state index in [1.165, 1.54) is 0 Å². The molecule has 0 unspecified atom stereocenters. The summed E-state index contributed by atoms with van der Waals surface area (Å²) in [4.78, 5) is 18.3. The lowest BCUT2D eigenvalue weighted by Gasteiger charge is -2.31. The topological polar surface area (TPSA) is 42.4 Å². The molecular weight excluding hydrogens is 324 g/mol. The number of hydrogen-bond acceptors (Lipinski definition) is 3. The highest BCUT2D eigenvalue weighted by Gasteiger charge is 2.22. The Balaban J connectivity index is 1.51. The van der Waals surface area contributed by atoms with Crippen molar-refractivity contribution < 1.29 is 9.53 Å². The zero-order valence-electron chi connectivity index (χ0n) is 13.3. The number of pyridine rings is 1. The molecule has 1 amide bonds. The third-order valence-corrected chi connectivity index (χ3v) is 4.33. The van der Waals surface area contributed by atoms with Gasteiger partial charge in [0.2, 0.25) is 11.8 Å². The molecule has 0 bridgehead atoms. The molecule has 1 aliphatic heterocycles. The molecule has 124 valence electrons. The van der Waals surface area contributed by atoms with Gasteiger partial charge in [0.05, 0.1) is 0 Å². The van der Waals surface area contributed by atoms with Gasteiger partial charge in [-0.3, -0.25) is 4.79 Å². The molecular formula is C19H19ClN2O2. The first-order chi connectivity index (χ1) is 11.7. The number of amides is 1. The number of nitrogens with zero attached hydrogens (tertiary/aromatic N) is 2. The van der Waals surface area contributed by atoms with Gasteiger partial charge in [-0.15, -0.1) is 0 Å². The molecule has 3 rings (SSSR count). The lowest BCUT2D eigenvalue weighted by Crippen LogP contribution is -2.41. The molecule has 0 radical (unpaired) electrons. The van der Waals surface area contributed by atoms with E-state index < -0.39 is 0 Å². The Hall–Kier alpha value is -2.33. The molecule has 0 saturated carbocycles. The van der Waals surface area contributed by atoms with Crippen molar-refractivity contribution in [3.05, 3.63) is 65.3 Å². The average molecular weight is 343 g/mol. The Morgan fingerprint density at radius 1 is 1.17 bits per heavy atom. The first-order valence-corrected chi connectivity index (χ1v) is 8.39. The number of hydrogen-bond donors (Lipinski definition) is 0. The highest BCUT2D eigenvalue weighted by Crippen LogP contribution is 2.19. The van der Waals surface area contributed by atoms with Gasteiger partial charge >= 0.3 is 0 Å². The zero-order valence-corrected chi connectivity index (χ0v) is 14.0. The van der Waals surface area contributed by atoms with E-state index in [1.807, 2.05) is 47.4 Å². The van der Waals surface area contributed by atoms with Crippen molar-refractivity contribution in [3.63, 3.8) is 0 Å². The minimum atomic E-state index is 0.00575. The van der Waals surface area contributed by atoms with Crippen molar-refractivity contribution in [2.24, 2.45) is 0 Å². The van der Waals surface area contributed by atoms with Crippen LogP contribution >= 0.6 is 11.6 Å². The predicted molar refractivity (Wildman–Crippen MR) is 95.0 cm³/mol. The fraction of sp³-hybridized carbons (Fsp3) is 0.263. The molecule has 0 aliphatic carbocycles. The van der Waals surface area contributed by atoms with E-state index in [-0.39, 0.29) is 12.0 Å². The monoisotopic (exact) mass is 342 g/mol. The van der Waals surface area contributed by atoms with Crippen LogP contribution in [0.5, 0.6) is 5.88 Å². The summed E-state index contributed by atoms with van der Waals surface area (Å²) in [6, 6.07) is 13.1. The van der Waals surface area contributed by atoms with Gasteiger partial charge in [-0.05, 0) is 23.8 Å². The lowest BCUT2D eigenvalue weighted by molar-refractivity contribution is -0.127. The minimum Gasteiger partial charge on any atom is -0.474 e. The summed E-state index contributed by atoms with van der Waals surface area (Å²) < 4.78 is 5.84. The summed E-state index contributed by atoms with van der Waals surface area (Å²) >= 11 is 6.09. The summed E-state index contributed by atoms with van der Waals surface area (Å²) in [6.07, 6.45) is 6.79. The van der Waals surface area contributed by atoms with Gasteiger partial charge in [0.1, 0.15) is 6.10 Å². The van der Waals surface area contributed by atoms with Crippen molar-refractivity contribution in [3.8, 4) is 5.88 Å². The van der Waals surface area contributed by atoms with E-state index in [9.17, 15) is 4.79 Å². The van der Waals surface area contributed by atoms with E-state index in [1.54, 1.807) is 18.3 Å². The normalized spacial score (nSPS) is 15.6. The first kappa shape index (κ1) is 16.5. The molecule has 4 nitrogen and oxygen atoms in total. The third kappa shape index (κ3) is 4.36. The fourth-order valence-electron chi connectivity index (χ4n) is 2.66. The predicted octanol–water partition coefficient (Wildman–Crippen LogP) is 3.82. The molecule has 24 heavy (non-hydrogen) atoms. The van der Waals surface area contributed by atoms with Crippen LogP contribution in [-0.4, -0.2) is 35.0 Å². The number of ether oxygens (including phenoxy) is 1. The smallest absolute Gasteiger partial charge is 0.246 e. The number of rotatable bonds is 4. The number of likely N-dealkylation sites (tertiary alicyclic amines) is 1. The maximum absolute atomic E-state index is 12.3. The van der Waals surface area contributed by atoms with E-state index in [4.69, 9.17) is 16.3 Å². The number of benzene rings is 1. The highest BCUT2D eigenvalue weighted by molar-refractivity contribution is 6.32. The second kappa shape index (κ2) is 7.97. The first-order valence-electron chi connectivity index (χ1n) is 8.01. The Kier molecular flexibility index (Phi) is 5.49. The van der Waals surface area contributed by atoms with Crippen molar-refractivity contribution in [1.82, 2.24) is 9.88 Å². The van der Waals surface area contributed by atoms with Gasteiger partial charge in [-0.1, -0.05) is 35.9 Å². The molecule has 2 aromatic rings. The molecule has 0 atom stereocenters. The van der Waals surface area contributed by atoms with Crippen molar-refractivity contribution in [2.75, 3.05) is 13.1 Å². The molecule has 1 saturated heterocycles. The maximum atomic E-state index is 12.3. The minimum absolute atomic E-state index is 0.00575. The van der Waals surface area contributed by atoms with Gasteiger partial charge in [0.25, 0.3) is 0 Å². The molecule has 1 aromatic heterocycles. The molecule has 1 fully saturated rings. The Morgan fingerprint density at radius 3 is 2.62 bits per heavy atom.